The van der Waals surface area contributed by atoms with E-state index in [9.17, 15) is 81.4 Å². The Hall–Kier alpha value is -2.16. The molecule has 0 aromatic rings. The molecule has 0 aromatic carbocycles. The van der Waals surface area contributed by atoms with Gasteiger partial charge in [-0.1, -0.05) is 39.3 Å². The van der Waals surface area contributed by atoms with Crippen molar-refractivity contribution >= 4 is 11.9 Å². The van der Waals surface area contributed by atoms with Crippen LogP contribution >= 0.6 is 0 Å². The van der Waals surface area contributed by atoms with Crippen LogP contribution in [0.2, 0.25) is 0 Å². The minimum atomic E-state index is -2.03. The minimum Gasteiger partial charge on any atom is -0.481 e. The number of carboxylic acids is 1. The van der Waals surface area contributed by atoms with Gasteiger partial charge < -0.3 is 114 Å². The van der Waals surface area contributed by atoms with Gasteiger partial charge in [0.25, 0.3) is 0 Å². The molecule has 8 fully saturated rings. The van der Waals surface area contributed by atoms with Gasteiger partial charge in [0, 0.05) is 6.61 Å². The molecular formula is C53H84O25. The molecule has 15 N–H and O–H groups in total. The highest BCUT2D eigenvalue weighted by Gasteiger charge is 2.72. The predicted octanol–water partition coefficient (Wildman–Crippen LogP) is -3.36. The van der Waals surface area contributed by atoms with E-state index in [1.165, 1.54) is 0 Å². The Labute approximate surface area is 451 Å². The molecule has 0 spiro atoms. The number of aliphatic carboxylic acids is 1. The van der Waals surface area contributed by atoms with Crippen LogP contribution in [0, 0.1) is 50.2 Å². The van der Waals surface area contributed by atoms with Gasteiger partial charge in [-0.05, 0) is 111 Å². The van der Waals surface area contributed by atoms with Crippen molar-refractivity contribution in [1.82, 2.24) is 0 Å². The lowest BCUT2D eigenvalue weighted by atomic mass is 9.33. The first kappa shape index (κ1) is 60.4. The number of carbonyl (C=O) groups excluding carboxylic acids is 1. The highest BCUT2D eigenvalue weighted by atomic mass is 16.8. The molecule has 0 radical (unpaired) electrons. The molecular weight excluding hydrogens is 1040 g/mol. The number of carboxylic acid groups (broad SMARTS) is 1. The Kier molecular flexibility index (Phi) is 17.1. The van der Waals surface area contributed by atoms with E-state index in [1.807, 2.05) is 6.92 Å². The van der Waals surface area contributed by atoms with Crippen LogP contribution in [-0.2, 0) is 47.5 Å². The summed E-state index contributed by atoms with van der Waals surface area (Å²) in [5.41, 5.74) is -4.05. The number of esters is 1. The number of aliphatic hydroxyl groups is 14. The lowest BCUT2D eigenvalue weighted by Gasteiger charge is -2.71. The molecule has 0 unspecified atom stereocenters. The number of rotatable bonds is 13. The highest BCUT2D eigenvalue weighted by molar-refractivity contribution is 5.79. The summed E-state index contributed by atoms with van der Waals surface area (Å²) in [5.74, 6) is -2.92. The molecule has 0 amide bonds. The first-order valence-corrected chi connectivity index (χ1v) is 27.6. The van der Waals surface area contributed by atoms with Crippen LogP contribution in [-0.4, -0.2) is 244 Å². The second kappa shape index (κ2) is 22.1. The van der Waals surface area contributed by atoms with E-state index in [2.05, 4.69) is 26.8 Å². The van der Waals surface area contributed by atoms with Crippen molar-refractivity contribution in [1.29, 1.82) is 0 Å². The monoisotopic (exact) mass is 1120 g/mol. The number of aliphatic hydroxyl groups excluding tert-OH is 14. The number of carbonyl (C=O) groups is 2. The first-order valence-electron chi connectivity index (χ1n) is 27.6. The summed E-state index contributed by atoms with van der Waals surface area (Å²) in [6.45, 7) is 7.42. The summed E-state index contributed by atoms with van der Waals surface area (Å²) in [4.78, 5) is 29.1. The summed E-state index contributed by atoms with van der Waals surface area (Å²) >= 11 is 0. The zero-order valence-corrected chi connectivity index (χ0v) is 44.8. The van der Waals surface area contributed by atoms with Gasteiger partial charge in [-0.15, -0.1) is 0 Å². The van der Waals surface area contributed by atoms with Crippen LogP contribution in [0.1, 0.15) is 98.8 Å². The van der Waals surface area contributed by atoms with Crippen molar-refractivity contribution in [2.24, 2.45) is 50.2 Å². The number of fused-ring (bicyclic) bond motifs is 7. The molecule has 446 valence electrons. The van der Waals surface area contributed by atoms with Gasteiger partial charge >= 0.3 is 11.9 Å². The second-order valence-electron chi connectivity index (χ2n) is 25.4. The van der Waals surface area contributed by atoms with Crippen molar-refractivity contribution in [3.8, 4) is 0 Å². The summed E-state index contributed by atoms with van der Waals surface area (Å²) in [6, 6.07) is 0. The number of allylic oxidation sites excluding steroid dienone is 2. The third kappa shape index (κ3) is 9.62. The fourth-order valence-electron chi connectivity index (χ4n) is 16.1. The zero-order chi connectivity index (χ0) is 57.0. The topological polar surface area (TPSA) is 411 Å². The average Bonchev–Trinajstić information content (AvgIpc) is 2.21. The fraction of sp³-hybridized carbons (Fsp3) is 0.925. The van der Waals surface area contributed by atoms with Gasteiger partial charge in [-0.3, -0.25) is 9.59 Å². The quantitative estimate of drug-likeness (QED) is 0.0486. The largest absolute Gasteiger partial charge is 0.481 e. The highest BCUT2D eigenvalue weighted by Crippen LogP contribution is 2.76. The van der Waals surface area contributed by atoms with E-state index in [-0.39, 0.29) is 31.8 Å². The van der Waals surface area contributed by atoms with Crippen molar-refractivity contribution in [2.75, 3.05) is 33.0 Å². The third-order valence-corrected chi connectivity index (χ3v) is 21.4. The second-order valence-corrected chi connectivity index (χ2v) is 25.4. The normalized spacial score (nSPS) is 54.3. The Balaban J connectivity index is 0.998. The molecule has 9 rings (SSSR count). The van der Waals surface area contributed by atoms with Gasteiger partial charge in [0.2, 0.25) is 6.29 Å². The van der Waals surface area contributed by atoms with E-state index >= 15 is 4.79 Å². The van der Waals surface area contributed by atoms with Crippen LogP contribution in [0.15, 0.2) is 11.6 Å². The molecule has 29 atom stereocenters. The molecule has 0 aromatic heterocycles. The molecule has 4 saturated heterocycles. The number of hydrogen-bond donors (Lipinski definition) is 15. The zero-order valence-electron chi connectivity index (χ0n) is 44.8. The standard InChI is InChI=1S/C53H84O25/c1-48(21-56)12-14-53(47(70)78-45-40(67)41(77-44-39(66)36(63)33(60)26(18-55)74-44)34(61)27(75-45)20-72-42-37(64)31(58)24(57)19-71-42)15-13-50(3)22(23(53)16-48)6-7-28-49(2)10-9-30(52(5,46(68)69)29(49)8-11-51(28,50)4)76-43-38(65)35(62)32(59)25(17-54)73-43/h6,23-45,54-67H,7-21H2,1-5H3,(H,68,69)/t23-,24-,25-,26-,27-,28-,29+,30-,31+,32-,33-,34-,35+,36+,37-,38-,39-,40-,41+,42+,43+,44+,45+,48-,49+,50+,51-,52-,53+/m1/s1. The Morgan fingerprint density at radius 1 is 0.615 bits per heavy atom. The van der Waals surface area contributed by atoms with Crippen LogP contribution in [0.25, 0.3) is 0 Å². The van der Waals surface area contributed by atoms with Crippen molar-refractivity contribution in [3.63, 3.8) is 0 Å². The maximum atomic E-state index is 15.4. The Bertz CT molecular complexity index is 2190. The Morgan fingerprint density at radius 2 is 1.21 bits per heavy atom. The molecule has 0 bridgehead atoms. The number of hydrogen-bond acceptors (Lipinski definition) is 24. The number of ether oxygens (including phenoxy) is 8. The van der Waals surface area contributed by atoms with Gasteiger partial charge in [-0.25, -0.2) is 0 Å². The Morgan fingerprint density at radius 3 is 1.81 bits per heavy atom. The van der Waals surface area contributed by atoms with Crippen LogP contribution in [0.3, 0.4) is 0 Å². The minimum absolute atomic E-state index is 0.0814. The van der Waals surface area contributed by atoms with Gasteiger partial charge in [0.05, 0.1) is 43.4 Å². The first-order chi connectivity index (χ1) is 36.6. The SMILES string of the molecule is C[C@@]1(CO)CC[C@]2(C(=O)O[C@@H]3O[C@H](CO[C@@H]4OC[C@@H](O)[C@H](O)[C@H]4O)[C@@H](O)[C@H](O[C@@H]4O[C@H](CO)[C@@H](O)[C@H](O)[C@H]4O)[C@H]3O)CC[C@@]3(C)C(=CC[C@@H]4[C@]5(C)CC[C@@H](O[C@@H]6O[C@H](CO)[C@@H](O)[C@H](O)[C@H]6O)[C@](C)(C(=O)O)[C@H]5CC[C@]43C)[C@H]2C1. The van der Waals surface area contributed by atoms with Gasteiger partial charge in [0.1, 0.15) is 91.6 Å². The summed E-state index contributed by atoms with van der Waals surface area (Å²) in [6.07, 6.45) is -27.2. The smallest absolute Gasteiger partial charge is 0.315 e. The molecule has 78 heavy (non-hydrogen) atoms. The summed E-state index contributed by atoms with van der Waals surface area (Å²) < 4.78 is 46.9. The fourth-order valence-corrected chi connectivity index (χ4v) is 16.1. The van der Waals surface area contributed by atoms with Crippen molar-refractivity contribution < 1.29 is 124 Å². The third-order valence-electron chi connectivity index (χ3n) is 21.4. The molecule has 4 heterocycles. The van der Waals surface area contributed by atoms with Crippen LogP contribution < -0.4 is 0 Å². The van der Waals surface area contributed by atoms with E-state index in [4.69, 9.17) is 37.9 Å². The molecule has 4 aliphatic heterocycles. The van der Waals surface area contributed by atoms with Crippen LogP contribution in [0.4, 0.5) is 0 Å². The lowest BCUT2D eigenvalue weighted by molar-refractivity contribution is -0.361. The van der Waals surface area contributed by atoms with E-state index in [0.717, 1.165) is 5.57 Å². The van der Waals surface area contributed by atoms with E-state index in [0.29, 0.717) is 44.9 Å². The molecule has 9 aliphatic rings. The van der Waals surface area contributed by atoms with Gasteiger partial charge in [-0.2, -0.15) is 0 Å². The maximum absolute atomic E-state index is 15.4. The molecule has 25 nitrogen and oxygen atoms in total. The molecule has 5 aliphatic carbocycles. The van der Waals surface area contributed by atoms with Crippen molar-refractivity contribution in [3.05, 3.63) is 11.6 Å². The van der Waals surface area contributed by atoms with E-state index < -0.39 is 206 Å². The summed E-state index contributed by atoms with van der Waals surface area (Å²) in [7, 11) is 0. The van der Waals surface area contributed by atoms with Crippen molar-refractivity contribution in [2.45, 2.75) is 222 Å². The van der Waals surface area contributed by atoms with Crippen LogP contribution in [0.5, 0.6) is 0 Å². The van der Waals surface area contributed by atoms with E-state index in [1.54, 1.807) is 6.92 Å². The predicted molar refractivity (Wildman–Crippen MR) is 260 cm³/mol. The van der Waals surface area contributed by atoms with Gasteiger partial charge in [0.15, 0.2) is 18.9 Å². The molecule has 25 heteroatoms. The molecule has 4 saturated carbocycles. The lowest BCUT2D eigenvalue weighted by Crippen LogP contribution is -2.68. The average molecular weight is 1120 g/mol. The maximum Gasteiger partial charge on any atom is 0.315 e. The summed E-state index contributed by atoms with van der Waals surface area (Å²) in [5, 5.41) is 160.